The molecule has 3 rings (SSSR count). The molecule has 4 unspecified atom stereocenters. The van der Waals surface area contributed by atoms with Crippen LogP contribution in [0, 0.1) is 17.8 Å². The van der Waals surface area contributed by atoms with Crippen molar-refractivity contribution in [1.29, 1.82) is 0 Å². The molecule has 0 radical (unpaired) electrons. The molecule has 0 aromatic carbocycles. The van der Waals surface area contributed by atoms with Gasteiger partial charge in [-0.05, 0) is 41.0 Å². The topological polar surface area (TPSA) is 36.9 Å². The van der Waals surface area contributed by atoms with Crippen molar-refractivity contribution in [2.24, 2.45) is 5.41 Å². The third kappa shape index (κ3) is 1.99. The van der Waals surface area contributed by atoms with Gasteiger partial charge in [0.2, 0.25) is 0 Å². The number of hydrogen-bond acceptors (Lipinski definition) is 4. The molecule has 2 saturated heterocycles. The van der Waals surface area contributed by atoms with Crippen LogP contribution in [0.25, 0.3) is 0 Å². The molecule has 1 aliphatic carbocycles. The molecule has 3 aliphatic rings. The van der Waals surface area contributed by atoms with Crippen molar-refractivity contribution in [3.8, 4) is 12.3 Å². The highest BCUT2D eigenvalue weighted by Crippen LogP contribution is 2.61. The van der Waals surface area contributed by atoms with E-state index < -0.39 is 17.0 Å². The Morgan fingerprint density at radius 2 is 1.23 bits per heavy atom. The Hall–Kier alpha value is -0.600. The highest BCUT2D eigenvalue weighted by atomic mass is 16.8. The fourth-order valence-corrected chi connectivity index (χ4v) is 4.27. The lowest BCUT2D eigenvalue weighted by Crippen LogP contribution is -2.64. The lowest BCUT2D eigenvalue weighted by molar-refractivity contribution is -0.370. The molecule has 0 bridgehead atoms. The fraction of sp³-hybridized carbons (Fsp3) is 0.889. The van der Waals surface area contributed by atoms with Crippen LogP contribution in [-0.2, 0) is 18.9 Å². The van der Waals surface area contributed by atoms with E-state index in [1.807, 2.05) is 0 Å². The van der Waals surface area contributed by atoms with Crippen molar-refractivity contribution >= 4 is 0 Å². The van der Waals surface area contributed by atoms with Gasteiger partial charge >= 0.3 is 0 Å². The van der Waals surface area contributed by atoms with Gasteiger partial charge in [-0.3, -0.25) is 0 Å². The minimum absolute atomic E-state index is 0.0449. The van der Waals surface area contributed by atoms with Gasteiger partial charge in [0.1, 0.15) is 0 Å². The second-order valence-corrected chi connectivity index (χ2v) is 7.36. The molecule has 3 fully saturated rings. The molecular weight excluding hydrogens is 280 g/mol. The molecule has 0 N–H and O–H groups in total. The Balaban J connectivity index is 2.04. The van der Waals surface area contributed by atoms with Crippen LogP contribution in [0.15, 0.2) is 0 Å². The highest BCUT2D eigenvalue weighted by molar-refractivity contribution is 5.13. The molecule has 124 valence electrons. The Morgan fingerprint density at radius 1 is 0.864 bits per heavy atom. The Kier molecular flexibility index (Phi) is 3.85. The molecule has 1 saturated carbocycles. The number of ether oxygens (including phenoxy) is 4. The molecule has 0 amide bonds. The minimum atomic E-state index is -0.722. The van der Waals surface area contributed by atoms with E-state index in [4.69, 9.17) is 25.4 Å². The second-order valence-electron chi connectivity index (χ2n) is 7.36. The van der Waals surface area contributed by atoms with Gasteiger partial charge in [0, 0.05) is 19.3 Å². The summed E-state index contributed by atoms with van der Waals surface area (Å²) in [4.78, 5) is 0. The van der Waals surface area contributed by atoms with Crippen LogP contribution in [0.3, 0.4) is 0 Å². The van der Waals surface area contributed by atoms with Gasteiger partial charge in [0.05, 0.1) is 29.8 Å². The van der Waals surface area contributed by atoms with E-state index in [-0.39, 0.29) is 24.4 Å². The summed E-state index contributed by atoms with van der Waals surface area (Å²) in [5.74, 6) is 1.38. The second kappa shape index (κ2) is 5.21. The van der Waals surface area contributed by atoms with Crippen LogP contribution >= 0.6 is 0 Å². The van der Waals surface area contributed by atoms with Crippen LogP contribution in [0.4, 0.5) is 0 Å². The van der Waals surface area contributed by atoms with Crippen molar-refractivity contribution < 1.29 is 18.9 Å². The van der Waals surface area contributed by atoms with Crippen molar-refractivity contribution in [3.05, 3.63) is 0 Å². The van der Waals surface area contributed by atoms with Crippen molar-refractivity contribution in [2.45, 2.75) is 96.3 Å². The van der Waals surface area contributed by atoms with Gasteiger partial charge in [-0.15, -0.1) is 12.3 Å². The van der Waals surface area contributed by atoms with E-state index in [0.29, 0.717) is 6.42 Å². The molecule has 2 heterocycles. The van der Waals surface area contributed by atoms with E-state index in [2.05, 4.69) is 40.5 Å². The van der Waals surface area contributed by atoms with E-state index in [1.54, 1.807) is 0 Å². The van der Waals surface area contributed by atoms with E-state index >= 15 is 0 Å². The van der Waals surface area contributed by atoms with Crippen molar-refractivity contribution in [3.63, 3.8) is 0 Å². The average molecular weight is 308 g/mol. The normalized spacial score (nSPS) is 54.9. The van der Waals surface area contributed by atoms with Crippen LogP contribution < -0.4 is 0 Å². The molecule has 2 aliphatic heterocycles. The largest absolute Gasteiger partial charge is 0.343 e. The molecule has 0 aromatic rings. The summed E-state index contributed by atoms with van der Waals surface area (Å²) in [6.07, 6.45) is 9.00. The first kappa shape index (κ1) is 16.3. The molecule has 4 atom stereocenters. The fourth-order valence-electron chi connectivity index (χ4n) is 4.27. The summed E-state index contributed by atoms with van der Waals surface area (Å²) in [7, 11) is 0. The Labute approximate surface area is 133 Å². The Bertz CT molecular complexity index is 428. The number of terminal acetylenes is 1. The van der Waals surface area contributed by atoms with Crippen molar-refractivity contribution in [1.82, 2.24) is 0 Å². The smallest absolute Gasteiger partial charge is 0.180 e. The van der Waals surface area contributed by atoms with Gasteiger partial charge in [-0.25, -0.2) is 0 Å². The minimum Gasteiger partial charge on any atom is -0.343 e. The van der Waals surface area contributed by atoms with Gasteiger partial charge in [0.25, 0.3) is 0 Å². The van der Waals surface area contributed by atoms with Crippen molar-refractivity contribution in [2.75, 3.05) is 0 Å². The van der Waals surface area contributed by atoms with Gasteiger partial charge in [0.15, 0.2) is 11.6 Å². The zero-order valence-corrected chi connectivity index (χ0v) is 14.3. The maximum absolute atomic E-state index is 6.35. The molecule has 4 heteroatoms. The molecular formula is C18H28O4. The van der Waals surface area contributed by atoms with Crippen LogP contribution in [-0.4, -0.2) is 36.0 Å². The van der Waals surface area contributed by atoms with E-state index in [9.17, 15) is 0 Å². The maximum Gasteiger partial charge on any atom is 0.180 e. The Morgan fingerprint density at radius 3 is 1.55 bits per heavy atom. The maximum atomic E-state index is 6.35. The monoisotopic (exact) mass is 308 g/mol. The summed E-state index contributed by atoms with van der Waals surface area (Å²) in [5.41, 5.74) is -0.523. The first-order chi connectivity index (χ1) is 10.3. The van der Waals surface area contributed by atoms with Gasteiger partial charge in [-0.2, -0.15) is 0 Å². The first-order valence-corrected chi connectivity index (χ1v) is 8.44. The molecule has 2 spiro atoms. The summed E-state index contributed by atoms with van der Waals surface area (Å²) in [5, 5.41) is 0. The third-order valence-electron chi connectivity index (χ3n) is 5.98. The van der Waals surface area contributed by atoms with Crippen LogP contribution in [0.2, 0.25) is 0 Å². The lowest BCUT2D eigenvalue weighted by Gasteiger charge is -2.56. The van der Waals surface area contributed by atoms with Gasteiger partial charge in [-0.1, -0.05) is 0 Å². The molecule has 4 nitrogen and oxygen atoms in total. The predicted molar refractivity (Wildman–Crippen MR) is 83.1 cm³/mol. The standard InChI is InChI=1S/C18H28O4/c1-7-9-16(6)17(19-12(2)13(3)20-17)10-8-11-18(16)21-14(4)15(5)22-18/h1,12-15H,8-11H2,2-6H3. The SMILES string of the molecule is C#CCC1(C)C2(CCCC13OC(C)C(C)O3)OC(C)C(C)O2. The zero-order valence-electron chi connectivity index (χ0n) is 14.3. The quantitative estimate of drug-likeness (QED) is 0.697. The summed E-state index contributed by atoms with van der Waals surface area (Å²) < 4.78 is 25.4. The summed E-state index contributed by atoms with van der Waals surface area (Å²) >= 11 is 0. The highest BCUT2D eigenvalue weighted by Gasteiger charge is 2.71. The zero-order chi connectivity index (χ0) is 16.2. The summed E-state index contributed by atoms with van der Waals surface area (Å²) in [6.45, 7) is 10.3. The lowest BCUT2D eigenvalue weighted by atomic mass is 9.64. The van der Waals surface area contributed by atoms with Gasteiger partial charge < -0.3 is 18.9 Å². The average Bonchev–Trinajstić information content (AvgIpc) is 2.88. The van der Waals surface area contributed by atoms with Crippen LogP contribution in [0.1, 0.15) is 60.3 Å². The van der Waals surface area contributed by atoms with E-state index in [1.165, 1.54) is 0 Å². The number of hydrogen-bond donors (Lipinski definition) is 0. The first-order valence-electron chi connectivity index (χ1n) is 8.44. The summed E-state index contributed by atoms with van der Waals surface area (Å²) in [6, 6.07) is 0. The third-order valence-corrected chi connectivity index (χ3v) is 5.98. The number of rotatable bonds is 1. The molecule has 0 aromatic heterocycles. The van der Waals surface area contributed by atoms with Crippen LogP contribution in [0.5, 0.6) is 0 Å². The van der Waals surface area contributed by atoms with E-state index in [0.717, 1.165) is 19.3 Å². The predicted octanol–water partition coefficient (Wildman–Crippen LogP) is 3.24. The molecule has 22 heavy (non-hydrogen) atoms.